The van der Waals surface area contributed by atoms with E-state index >= 15 is 0 Å². The van der Waals surface area contributed by atoms with Crippen LogP contribution in [0, 0.1) is 6.92 Å². The van der Waals surface area contributed by atoms with Crippen LogP contribution in [0.1, 0.15) is 110 Å². The first-order chi connectivity index (χ1) is 27.9. The summed E-state index contributed by atoms with van der Waals surface area (Å²) < 4.78 is 2.78. The minimum atomic E-state index is 0.0570. The fourth-order valence-electron chi connectivity index (χ4n) is 10.3. The normalized spacial score (nSPS) is 16.4. The lowest BCUT2D eigenvalue weighted by atomic mass is 9.36. The molecule has 0 fully saturated rings. The Morgan fingerprint density at radius 1 is 0.576 bits per heavy atom. The summed E-state index contributed by atoms with van der Waals surface area (Å²) in [6.07, 6.45) is 2.35. The van der Waals surface area contributed by atoms with Gasteiger partial charge in [-0.3, -0.25) is 0 Å². The zero-order chi connectivity index (χ0) is 41.4. The first-order valence-electron chi connectivity index (χ1n) is 21.7. The Hall–Kier alpha value is -5.06. The lowest BCUT2D eigenvalue weighted by molar-refractivity contribution is 0.332. The van der Waals surface area contributed by atoms with Crippen molar-refractivity contribution in [2.75, 3.05) is 9.80 Å². The van der Waals surface area contributed by atoms with Crippen LogP contribution in [-0.4, -0.2) is 6.71 Å². The summed E-state index contributed by atoms with van der Waals surface area (Å²) in [6.45, 7) is 26.1. The summed E-state index contributed by atoms with van der Waals surface area (Å²) in [4.78, 5) is 5.26. The van der Waals surface area contributed by atoms with E-state index in [2.05, 4.69) is 207 Å². The van der Waals surface area contributed by atoms with E-state index in [1.165, 1.54) is 112 Å². The molecule has 0 atom stereocenters. The van der Waals surface area contributed by atoms with Crippen LogP contribution in [0.4, 0.5) is 34.1 Å². The Kier molecular flexibility index (Phi) is 8.39. The number of nitrogens with zero attached hydrogens (tertiary/aromatic N) is 2. The molecule has 1 aliphatic carbocycles. The third-order valence-electron chi connectivity index (χ3n) is 13.9. The number of hydrogen-bond acceptors (Lipinski definition) is 3. The Bertz CT molecular complexity index is 2810. The van der Waals surface area contributed by atoms with Crippen molar-refractivity contribution in [3.63, 3.8) is 0 Å². The van der Waals surface area contributed by atoms with Gasteiger partial charge in [0.2, 0.25) is 0 Å². The molecule has 3 heterocycles. The smallest absolute Gasteiger partial charge is 0.264 e. The van der Waals surface area contributed by atoms with Gasteiger partial charge in [0.1, 0.15) is 0 Å². The van der Waals surface area contributed by atoms with Crippen LogP contribution in [-0.2, 0) is 21.7 Å². The molecular weight excluding hydrogens is 731 g/mol. The number of aryl methyl sites for hydroxylation is 1. The number of rotatable bonds is 3. The van der Waals surface area contributed by atoms with Gasteiger partial charge in [0, 0.05) is 43.2 Å². The number of hydrogen-bond donors (Lipinski definition) is 0. The topological polar surface area (TPSA) is 6.48 Å². The first-order valence-corrected chi connectivity index (χ1v) is 22.5. The van der Waals surface area contributed by atoms with E-state index < -0.39 is 0 Å². The summed E-state index contributed by atoms with van der Waals surface area (Å²) in [5.41, 5.74) is 20.2. The molecule has 296 valence electrons. The van der Waals surface area contributed by atoms with Crippen LogP contribution in [0.2, 0.25) is 0 Å². The molecule has 0 N–H and O–H groups in total. The van der Waals surface area contributed by atoms with Crippen molar-refractivity contribution in [2.24, 2.45) is 0 Å². The predicted molar refractivity (Wildman–Crippen MR) is 259 cm³/mol. The highest BCUT2D eigenvalue weighted by Crippen LogP contribution is 2.53. The molecule has 2 aliphatic heterocycles. The van der Waals surface area contributed by atoms with Crippen molar-refractivity contribution < 1.29 is 0 Å². The molecule has 1 aromatic heterocycles. The Balaban J connectivity index is 1.30. The highest BCUT2D eigenvalue weighted by molar-refractivity contribution is 7.33. The number of anilines is 6. The summed E-state index contributed by atoms with van der Waals surface area (Å²) in [5, 5.41) is 1.33. The van der Waals surface area contributed by atoms with Crippen LogP contribution in [0.25, 0.3) is 21.2 Å². The zero-order valence-corrected chi connectivity index (χ0v) is 37.7. The van der Waals surface area contributed by atoms with Gasteiger partial charge in [-0.25, -0.2) is 0 Å². The van der Waals surface area contributed by atoms with Gasteiger partial charge in [0.05, 0.1) is 11.4 Å². The Labute approximate surface area is 357 Å². The molecule has 0 saturated carbocycles. The number of benzene rings is 6. The first kappa shape index (κ1) is 38.2. The highest BCUT2D eigenvalue weighted by atomic mass is 32.1. The Morgan fingerprint density at radius 3 is 1.83 bits per heavy atom. The van der Waals surface area contributed by atoms with E-state index in [1.54, 1.807) is 0 Å². The summed E-state index contributed by atoms with van der Waals surface area (Å²) in [7, 11) is 0. The van der Waals surface area contributed by atoms with E-state index in [4.69, 9.17) is 0 Å². The highest BCUT2D eigenvalue weighted by Gasteiger charge is 2.46. The summed E-state index contributed by atoms with van der Waals surface area (Å²) in [5.74, 6) is 0. The monoisotopic (exact) mass is 788 g/mol. The standard InChI is InChI=1S/C55H57BN2S/c1-34-29-46-49-47(30-34)58(45-33-42-41(54(8,9)27-28-55(42,10)11)32-40(45)35-17-13-12-14-18-35)44-20-16-15-19-43(44)56(49)51-50(39-26-23-37(53(5,6)7)31-48(39)59-51)57(46)38-24-21-36(22-25-38)52(2,3)4/h12-26,29-33H,27-28H2,1-11H3. The van der Waals surface area contributed by atoms with E-state index in [9.17, 15) is 0 Å². The van der Waals surface area contributed by atoms with E-state index in [0.29, 0.717) is 0 Å². The molecule has 0 unspecified atom stereocenters. The molecule has 7 aromatic rings. The predicted octanol–water partition coefficient (Wildman–Crippen LogP) is 13.9. The number of thiophene rings is 1. The summed E-state index contributed by atoms with van der Waals surface area (Å²) in [6, 6.07) is 47.2. The zero-order valence-electron chi connectivity index (χ0n) is 36.8. The van der Waals surface area contributed by atoms with Crippen molar-refractivity contribution >= 4 is 78.0 Å². The van der Waals surface area contributed by atoms with Crippen molar-refractivity contribution in [1.29, 1.82) is 0 Å². The Morgan fingerprint density at radius 2 is 1.17 bits per heavy atom. The van der Waals surface area contributed by atoms with E-state index in [0.717, 1.165) is 0 Å². The summed E-state index contributed by atoms with van der Waals surface area (Å²) >= 11 is 2.00. The third-order valence-corrected chi connectivity index (χ3v) is 15.1. The maximum Gasteiger partial charge on any atom is 0.264 e. The van der Waals surface area contributed by atoms with Gasteiger partial charge in [0.25, 0.3) is 6.71 Å². The van der Waals surface area contributed by atoms with Gasteiger partial charge >= 0.3 is 0 Å². The molecule has 10 rings (SSSR count). The molecule has 0 amide bonds. The molecule has 6 aromatic carbocycles. The van der Waals surface area contributed by atoms with Crippen LogP contribution >= 0.6 is 11.3 Å². The van der Waals surface area contributed by atoms with Crippen LogP contribution < -0.4 is 25.5 Å². The van der Waals surface area contributed by atoms with Crippen molar-refractivity contribution in [3.8, 4) is 11.1 Å². The molecule has 2 nitrogen and oxygen atoms in total. The second-order valence-electron chi connectivity index (χ2n) is 21.0. The average Bonchev–Trinajstić information content (AvgIpc) is 3.57. The number of para-hydroxylation sites is 1. The van der Waals surface area contributed by atoms with Gasteiger partial charge < -0.3 is 9.80 Å². The van der Waals surface area contributed by atoms with Crippen molar-refractivity contribution in [1.82, 2.24) is 0 Å². The number of fused-ring (bicyclic) bond motifs is 7. The van der Waals surface area contributed by atoms with Gasteiger partial charge in [-0.2, -0.15) is 0 Å². The maximum absolute atomic E-state index is 2.65. The average molecular weight is 789 g/mol. The minimum absolute atomic E-state index is 0.0570. The lowest BCUT2D eigenvalue weighted by Gasteiger charge is -2.46. The molecule has 0 saturated heterocycles. The molecule has 0 spiro atoms. The van der Waals surface area contributed by atoms with Crippen LogP contribution in [0.15, 0.2) is 121 Å². The van der Waals surface area contributed by atoms with Gasteiger partial charge in [0.15, 0.2) is 0 Å². The maximum atomic E-state index is 2.65. The fraction of sp³-hybridized carbons (Fsp3) is 0.309. The van der Waals surface area contributed by atoms with Gasteiger partial charge in [-0.15, -0.1) is 11.3 Å². The minimum Gasteiger partial charge on any atom is -0.311 e. The molecule has 4 heteroatoms. The van der Waals surface area contributed by atoms with Crippen LogP contribution in [0.5, 0.6) is 0 Å². The largest absolute Gasteiger partial charge is 0.311 e. The second kappa shape index (κ2) is 13.0. The molecule has 0 bridgehead atoms. The van der Waals surface area contributed by atoms with Crippen molar-refractivity contribution in [3.05, 3.63) is 149 Å². The fourth-order valence-corrected chi connectivity index (χ4v) is 11.7. The molecular formula is C55H57BN2S. The van der Waals surface area contributed by atoms with Gasteiger partial charge in [-0.1, -0.05) is 142 Å². The molecule has 59 heavy (non-hydrogen) atoms. The molecule has 0 radical (unpaired) electrons. The van der Waals surface area contributed by atoms with Crippen LogP contribution in [0.3, 0.4) is 0 Å². The quantitative estimate of drug-likeness (QED) is 0.165. The second-order valence-corrected chi connectivity index (χ2v) is 22.1. The lowest BCUT2D eigenvalue weighted by Crippen LogP contribution is -2.60. The van der Waals surface area contributed by atoms with Crippen molar-refractivity contribution in [2.45, 2.75) is 111 Å². The van der Waals surface area contributed by atoms with E-state index in [-0.39, 0.29) is 28.4 Å². The third kappa shape index (κ3) is 5.95. The van der Waals surface area contributed by atoms with Gasteiger partial charge in [-0.05, 0) is 134 Å². The van der Waals surface area contributed by atoms with E-state index in [1.807, 2.05) is 11.3 Å². The SMILES string of the molecule is Cc1cc2c3c(c1)N(c1ccc(C(C)(C)C)cc1)c1c(sc4cc(C(C)(C)C)ccc14)B3c1ccccc1N2c1cc2c(cc1-c1ccccc1)C(C)(C)CCC2(C)C. The molecule has 3 aliphatic rings.